The highest BCUT2D eigenvalue weighted by molar-refractivity contribution is 7.92. The summed E-state index contributed by atoms with van der Waals surface area (Å²) in [7, 11) is -2.42. The molecule has 4 aromatic carbocycles. The molecule has 0 aliphatic rings. The Balaban J connectivity index is 1.72. The van der Waals surface area contributed by atoms with Gasteiger partial charge in [0.25, 0.3) is 15.9 Å². The summed E-state index contributed by atoms with van der Waals surface area (Å²) in [5, 5.41) is 3.55. The Labute approximate surface area is 228 Å². The molecule has 0 fully saturated rings. The van der Waals surface area contributed by atoms with E-state index in [0.29, 0.717) is 5.02 Å². The average molecular weight is 549 g/mol. The quantitative estimate of drug-likeness (QED) is 0.257. The molecule has 1 atom stereocenters. The highest BCUT2D eigenvalue weighted by atomic mass is 35.5. The maximum atomic E-state index is 14.0. The Morgan fingerprint density at radius 3 is 2.18 bits per heavy atom. The molecule has 0 spiro atoms. The average Bonchev–Trinajstić information content (AvgIpc) is 2.93. The van der Waals surface area contributed by atoms with Gasteiger partial charge in [-0.2, -0.15) is 0 Å². The van der Waals surface area contributed by atoms with E-state index in [2.05, 4.69) is 5.32 Å². The van der Waals surface area contributed by atoms with E-state index in [0.717, 1.165) is 22.4 Å². The number of nitrogens with one attached hydrogen (secondary N) is 1. The number of para-hydroxylation sites is 1. The van der Waals surface area contributed by atoms with Crippen LogP contribution in [0.5, 0.6) is 5.75 Å². The fourth-order valence-electron chi connectivity index (χ4n) is 4.03. The maximum absolute atomic E-state index is 14.0. The first-order chi connectivity index (χ1) is 18.2. The first-order valence-electron chi connectivity index (χ1n) is 12.1. The molecule has 0 radical (unpaired) electrons. The summed E-state index contributed by atoms with van der Waals surface area (Å²) in [6, 6.07) is 27.4. The highest BCUT2D eigenvalue weighted by Gasteiger charge is 2.29. The molecule has 0 saturated heterocycles. The molecule has 0 heterocycles. The summed E-state index contributed by atoms with van der Waals surface area (Å²) >= 11 is 6.06. The van der Waals surface area contributed by atoms with Crippen LogP contribution in [-0.2, 0) is 16.6 Å². The van der Waals surface area contributed by atoms with Gasteiger partial charge in [-0.05, 0) is 73.5 Å². The zero-order valence-corrected chi connectivity index (χ0v) is 23.0. The third kappa shape index (κ3) is 6.18. The number of hydrogen-bond acceptors (Lipinski definition) is 4. The number of halogens is 1. The predicted molar refractivity (Wildman–Crippen MR) is 151 cm³/mol. The van der Waals surface area contributed by atoms with Crippen molar-refractivity contribution in [3.8, 4) is 5.75 Å². The number of carbonyl (C=O) groups is 1. The van der Waals surface area contributed by atoms with E-state index in [4.69, 9.17) is 16.3 Å². The van der Waals surface area contributed by atoms with Crippen molar-refractivity contribution >= 4 is 33.2 Å². The topological polar surface area (TPSA) is 75.7 Å². The molecule has 0 saturated carbocycles. The van der Waals surface area contributed by atoms with E-state index in [1.807, 2.05) is 38.1 Å². The van der Waals surface area contributed by atoms with Crippen molar-refractivity contribution in [2.45, 2.75) is 31.3 Å². The van der Waals surface area contributed by atoms with E-state index in [1.54, 1.807) is 79.9 Å². The van der Waals surface area contributed by atoms with Gasteiger partial charge in [-0.15, -0.1) is 0 Å². The lowest BCUT2D eigenvalue weighted by atomic mass is 10.1. The molecule has 0 aromatic heterocycles. The minimum absolute atomic E-state index is 0.0195. The SMILES string of the molecule is COc1ccc([C@@H](C)NC(=O)c2ccccc2N(Cc2ccc(Cl)cc2)S(=O)(=O)c2ccc(C)cc2)cc1. The fraction of sp³-hybridized carbons (Fsp3) is 0.167. The molecule has 6 nitrogen and oxygen atoms in total. The molecule has 1 N–H and O–H groups in total. The first-order valence-corrected chi connectivity index (χ1v) is 13.9. The number of hydrogen-bond donors (Lipinski definition) is 1. The van der Waals surface area contributed by atoms with Gasteiger partial charge in [0.05, 0.1) is 35.8 Å². The number of rotatable bonds is 9. The summed E-state index contributed by atoms with van der Waals surface area (Å²) in [4.78, 5) is 13.6. The molecule has 4 rings (SSSR count). The lowest BCUT2D eigenvalue weighted by Gasteiger charge is -2.27. The second-order valence-electron chi connectivity index (χ2n) is 8.94. The Bertz CT molecular complexity index is 1500. The Morgan fingerprint density at radius 2 is 1.55 bits per heavy atom. The minimum atomic E-state index is -4.02. The molecular formula is C30H29ClN2O4S. The number of nitrogens with zero attached hydrogens (tertiary/aromatic N) is 1. The van der Waals surface area contributed by atoms with Crippen LogP contribution in [0.15, 0.2) is 102 Å². The van der Waals surface area contributed by atoms with Crippen LogP contribution in [0.1, 0.15) is 40.0 Å². The van der Waals surface area contributed by atoms with Crippen molar-refractivity contribution in [1.29, 1.82) is 0 Å². The van der Waals surface area contributed by atoms with Gasteiger partial charge in [0.15, 0.2) is 0 Å². The van der Waals surface area contributed by atoms with Crippen LogP contribution in [0.25, 0.3) is 0 Å². The predicted octanol–water partition coefficient (Wildman–Crippen LogP) is 6.54. The molecule has 4 aromatic rings. The van der Waals surface area contributed by atoms with E-state index < -0.39 is 10.0 Å². The molecule has 1 amide bonds. The molecule has 38 heavy (non-hydrogen) atoms. The number of sulfonamides is 1. The van der Waals surface area contributed by atoms with Gasteiger partial charge in [-0.25, -0.2) is 8.42 Å². The van der Waals surface area contributed by atoms with Crippen molar-refractivity contribution in [1.82, 2.24) is 5.32 Å². The summed E-state index contributed by atoms with van der Waals surface area (Å²) in [6.45, 7) is 3.79. The van der Waals surface area contributed by atoms with Gasteiger partial charge in [0.1, 0.15) is 5.75 Å². The normalized spacial score (nSPS) is 12.0. The van der Waals surface area contributed by atoms with E-state index in [9.17, 15) is 13.2 Å². The highest BCUT2D eigenvalue weighted by Crippen LogP contribution is 2.30. The molecule has 0 aliphatic carbocycles. The summed E-state index contributed by atoms with van der Waals surface area (Å²) < 4.78 is 34.4. The maximum Gasteiger partial charge on any atom is 0.264 e. The zero-order valence-electron chi connectivity index (χ0n) is 21.4. The van der Waals surface area contributed by atoms with Crippen LogP contribution in [0.4, 0.5) is 5.69 Å². The van der Waals surface area contributed by atoms with Crippen molar-refractivity contribution in [2.24, 2.45) is 0 Å². The lowest BCUT2D eigenvalue weighted by molar-refractivity contribution is 0.0940. The second-order valence-corrected chi connectivity index (χ2v) is 11.2. The summed E-state index contributed by atoms with van der Waals surface area (Å²) in [6.07, 6.45) is 0. The van der Waals surface area contributed by atoms with Crippen molar-refractivity contribution in [3.63, 3.8) is 0 Å². The standard InChI is InChI=1S/C30H29ClN2O4S/c1-21-8-18-27(19-9-21)38(35,36)33(20-23-10-14-25(31)15-11-23)29-7-5-4-6-28(29)30(34)32-22(2)24-12-16-26(37-3)17-13-24/h4-19,22H,20H2,1-3H3,(H,32,34)/t22-/m1/s1. The zero-order chi connectivity index (χ0) is 27.3. The van der Waals surface area contributed by atoms with Crippen molar-refractivity contribution in [3.05, 3.63) is 124 Å². The number of aryl methyl sites for hydroxylation is 1. The number of amides is 1. The third-order valence-electron chi connectivity index (χ3n) is 6.23. The Kier molecular flexibility index (Phi) is 8.39. The van der Waals surface area contributed by atoms with Crippen LogP contribution in [0.2, 0.25) is 5.02 Å². The number of methoxy groups -OCH3 is 1. The fourth-order valence-corrected chi connectivity index (χ4v) is 5.62. The minimum Gasteiger partial charge on any atom is -0.497 e. The largest absolute Gasteiger partial charge is 0.497 e. The van der Waals surface area contributed by atoms with Crippen LogP contribution in [0.3, 0.4) is 0 Å². The van der Waals surface area contributed by atoms with Gasteiger partial charge in [0.2, 0.25) is 0 Å². The smallest absolute Gasteiger partial charge is 0.264 e. The van der Waals surface area contributed by atoms with E-state index in [1.165, 1.54) is 4.31 Å². The van der Waals surface area contributed by atoms with Crippen molar-refractivity contribution < 1.29 is 17.9 Å². The molecule has 0 bridgehead atoms. The number of anilines is 1. The van der Waals surface area contributed by atoms with Gasteiger partial charge < -0.3 is 10.1 Å². The van der Waals surface area contributed by atoms with Gasteiger partial charge >= 0.3 is 0 Å². The summed E-state index contributed by atoms with van der Waals surface area (Å²) in [5.41, 5.74) is 3.09. The van der Waals surface area contributed by atoms with Crippen LogP contribution in [-0.4, -0.2) is 21.4 Å². The summed E-state index contributed by atoms with van der Waals surface area (Å²) in [5.74, 6) is 0.334. The number of carbonyl (C=O) groups excluding carboxylic acids is 1. The van der Waals surface area contributed by atoms with E-state index in [-0.39, 0.29) is 34.6 Å². The van der Waals surface area contributed by atoms with Crippen LogP contribution < -0.4 is 14.4 Å². The first kappa shape index (κ1) is 27.2. The second kappa shape index (κ2) is 11.7. The van der Waals surface area contributed by atoms with Crippen LogP contribution in [0, 0.1) is 6.92 Å². The van der Waals surface area contributed by atoms with Crippen LogP contribution >= 0.6 is 11.6 Å². The molecule has 196 valence electrons. The van der Waals surface area contributed by atoms with Gasteiger partial charge in [-0.1, -0.05) is 65.7 Å². The monoisotopic (exact) mass is 548 g/mol. The molecule has 8 heteroatoms. The van der Waals surface area contributed by atoms with Crippen molar-refractivity contribution in [2.75, 3.05) is 11.4 Å². The number of ether oxygens (including phenoxy) is 1. The molecular weight excluding hydrogens is 520 g/mol. The number of benzene rings is 4. The molecule has 0 aliphatic heterocycles. The lowest BCUT2D eigenvalue weighted by Crippen LogP contribution is -2.34. The third-order valence-corrected chi connectivity index (χ3v) is 8.26. The Hall–Kier alpha value is -3.81. The van der Waals surface area contributed by atoms with E-state index >= 15 is 0 Å². The van der Waals surface area contributed by atoms with Gasteiger partial charge in [0, 0.05) is 5.02 Å². The molecule has 0 unspecified atom stereocenters. The van der Waals surface area contributed by atoms with Gasteiger partial charge in [-0.3, -0.25) is 9.10 Å². The Morgan fingerprint density at radius 1 is 0.921 bits per heavy atom.